The molecule has 2 atom stereocenters. The number of rotatable bonds is 10. The van der Waals surface area contributed by atoms with Crippen molar-refractivity contribution < 1.29 is 45.5 Å². The lowest BCUT2D eigenvalue weighted by molar-refractivity contribution is -0.139. The van der Waals surface area contributed by atoms with Crippen LogP contribution >= 0.6 is 11.8 Å². The second-order valence-electron chi connectivity index (χ2n) is 14.1. The van der Waals surface area contributed by atoms with E-state index in [1.807, 2.05) is 19.9 Å². The summed E-state index contributed by atoms with van der Waals surface area (Å²) in [6, 6.07) is 13.1. The van der Waals surface area contributed by atoms with Gasteiger partial charge in [0.2, 0.25) is 17.4 Å². The topological polar surface area (TPSA) is 103 Å². The van der Waals surface area contributed by atoms with Crippen molar-refractivity contribution in [1.29, 1.82) is 5.26 Å². The molecular weight excluding hydrogens is 759 g/mol. The lowest BCUT2D eigenvalue weighted by Crippen LogP contribution is -2.54. The lowest BCUT2D eigenvalue weighted by Gasteiger charge is -2.41. The van der Waals surface area contributed by atoms with Gasteiger partial charge in [-0.1, -0.05) is 45.7 Å². The first kappa shape index (κ1) is 44.0. The van der Waals surface area contributed by atoms with Crippen LogP contribution in [-0.2, 0) is 32.3 Å². The number of carbonyl (C=O) groups excluding carboxylic acids is 3. The summed E-state index contributed by atoms with van der Waals surface area (Å²) in [7, 11) is 0. The fourth-order valence-corrected chi connectivity index (χ4v) is 7.82. The van der Waals surface area contributed by atoms with Gasteiger partial charge in [-0.15, -0.1) is 11.8 Å². The Kier molecular flexibility index (Phi) is 13.5. The minimum atomic E-state index is -4.60. The van der Waals surface area contributed by atoms with E-state index in [1.54, 1.807) is 30.0 Å². The molecule has 2 aliphatic heterocycles. The van der Waals surface area contributed by atoms with Crippen molar-refractivity contribution in [3.63, 3.8) is 0 Å². The highest BCUT2D eigenvalue weighted by Crippen LogP contribution is 2.50. The Balaban J connectivity index is 0.000000259. The van der Waals surface area contributed by atoms with Gasteiger partial charge in [-0.2, -0.15) is 31.6 Å². The monoisotopic (exact) mass is 804 g/mol. The molecule has 0 radical (unpaired) electrons. The molecule has 5 rings (SSSR count). The molecule has 0 fully saturated rings. The number of nitrogens with one attached hydrogen (secondary N) is 1. The molecule has 15 heteroatoms. The van der Waals surface area contributed by atoms with Gasteiger partial charge in [0.25, 0.3) is 5.91 Å². The minimum Gasteiger partial charge on any atom is -0.471 e. The van der Waals surface area contributed by atoms with Gasteiger partial charge in [0.05, 0.1) is 38.9 Å². The molecule has 0 spiro atoms. The predicted octanol–water partition coefficient (Wildman–Crippen LogP) is 9.86. The molecule has 2 heterocycles. The second-order valence-corrected chi connectivity index (χ2v) is 15.6. The number of aryl methyl sites for hydroxylation is 2. The molecule has 56 heavy (non-hydrogen) atoms. The van der Waals surface area contributed by atoms with Crippen LogP contribution in [-0.4, -0.2) is 42.1 Å². The first-order chi connectivity index (χ1) is 26.1. The molecule has 0 saturated carbocycles. The molecule has 1 N–H and O–H groups in total. The Morgan fingerprint density at radius 2 is 1.46 bits per heavy atom. The zero-order chi connectivity index (χ0) is 41.8. The number of ether oxygens (including phenoxy) is 1. The number of anilines is 2. The van der Waals surface area contributed by atoms with Gasteiger partial charge in [-0.3, -0.25) is 14.4 Å². The summed E-state index contributed by atoms with van der Waals surface area (Å²) in [6.07, 6.45) is -5.25. The van der Waals surface area contributed by atoms with E-state index in [4.69, 9.17) is 4.74 Å². The van der Waals surface area contributed by atoms with E-state index in [0.717, 1.165) is 25.3 Å². The quantitative estimate of drug-likeness (QED) is 0.162. The zero-order valence-electron chi connectivity index (χ0n) is 32.4. The Bertz CT molecular complexity index is 2010. The predicted molar refractivity (Wildman–Crippen MR) is 204 cm³/mol. The van der Waals surface area contributed by atoms with E-state index in [0.29, 0.717) is 29.1 Å². The molecule has 2 unspecified atom stereocenters. The van der Waals surface area contributed by atoms with Crippen LogP contribution < -0.4 is 19.9 Å². The summed E-state index contributed by atoms with van der Waals surface area (Å²) in [4.78, 5) is 41.6. The summed E-state index contributed by atoms with van der Waals surface area (Å²) in [5.41, 5.74) is -1.59. The molecule has 2 aliphatic rings. The lowest BCUT2D eigenvalue weighted by atomic mass is 9.90. The zero-order valence-corrected chi connectivity index (χ0v) is 33.2. The fourth-order valence-electron chi connectivity index (χ4n) is 6.54. The van der Waals surface area contributed by atoms with Crippen LogP contribution in [0.25, 0.3) is 0 Å². The van der Waals surface area contributed by atoms with Crippen molar-refractivity contribution in [3.05, 3.63) is 81.9 Å². The molecule has 302 valence electrons. The normalized spacial score (nSPS) is 19.3. The summed E-state index contributed by atoms with van der Waals surface area (Å²) < 4.78 is 85.4. The third-order valence-corrected chi connectivity index (χ3v) is 11.4. The van der Waals surface area contributed by atoms with E-state index < -0.39 is 39.7 Å². The number of carbonyl (C=O) groups is 3. The number of hydrogen-bond donors (Lipinski definition) is 1. The van der Waals surface area contributed by atoms with Crippen molar-refractivity contribution >= 4 is 40.9 Å². The van der Waals surface area contributed by atoms with Crippen LogP contribution in [0.1, 0.15) is 100 Å². The number of amides is 3. The number of nitriles is 1. The Labute approximate surface area is 327 Å². The maximum atomic E-state index is 13.5. The number of thioether (sulfide) groups is 1. The molecule has 0 aliphatic carbocycles. The maximum Gasteiger partial charge on any atom is 0.416 e. The van der Waals surface area contributed by atoms with Crippen LogP contribution in [0.2, 0.25) is 0 Å². The average molecular weight is 805 g/mol. The summed E-state index contributed by atoms with van der Waals surface area (Å²) in [6.45, 7) is 12.4. The van der Waals surface area contributed by atoms with Crippen LogP contribution in [0, 0.1) is 25.2 Å². The first-order valence-corrected chi connectivity index (χ1v) is 19.2. The van der Waals surface area contributed by atoms with Gasteiger partial charge in [0.15, 0.2) is 0 Å². The van der Waals surface area contributed by atoms with Crippen LogP contribution in [0.5, 0.6) is 5.75 Å². The van der Waals surface area contributed by atoms with Crippen molar-refractivity contribution in [1.82, 2.24) is 5.32 Å². The molecule has 3 aromatic rings. The second kappa shape index (κ2) is 17.2. The van der Waals surface area contributed by atoms with Gasteiger partial charge in [0.1, 0.15) is 5.75 Å². The van der Waals surface area contributed by atoms with Gasteiger partial charge < -0.3 is 19.9 Å². The van der Waals surface area contributed by atoms with Crippen LogP contribution in [0.4, 0.5) is 37.7 Å². The number of fused-ring (bicyclic) bond motifs is 2. The standard InChI is InChI=1S/C23H22F3N3O3.C18H24F3NOS/c1-4-20(30)28-8-9-29-18-10-14(2)17(23(24,25)26)12-19(18)32-22(3,21(29)31)16-7-5-6-15(11-16)13-27;1-5-7-8-9-22-14-10-12(3)13(18(19,20)21)11-15(14)24-17(4,6-2)16(22)23/h5-7,10-12H,4,8-9H2,1-3H3,(H,28,30);10-11H,5-9H2,1-4H3. The highest BCUT2D eigenvalue weighted by Gasteiger charge is 2.48. The number of alkyl halides is 6. The largest absolute Gasteiger partial charge is 0.471 e. The molecule has 0 bridgehead atoms. The van der Waals surface area contributed by atoms with E-state index in [1.165, 1.54) is 61.7 Å². The molecule has 3 aromatic carbocycles. The number of halogens is 6. The minimum absolute atomic E-state index is 0.00207. The third kappa shape index (κ3) is 9.28. The number of benzene rings is 3. The van der Waals surface area contributed by atoms with Crippen molar-refractivity contribution in [2.24, 2.45) is 0 Å². The van der Waals surface area contributed by atoms with Gasteiger partial charge in [-0.25, -0.2) is 0 Å². The van der Waals surface area contributed by atoms with E-state index in [9.17, 15) is 46.0 Å². The van der Waals surface area contributed by atoms with Gasteiger partial charge in [-0.05, 0) is 88.1 Å². The van der Waals surface area contributed by atoms with Gasteiger partial charge >= 0.3 is 12.4 Å². The Morgan fingerprint density at radius 1 is 0.857 bits per heavy atom. The van der Waals surface area contributed by atoms with E-state index in [2.05, 4.69) is 12.2 Å². The van der Waals surface area contributed by atoms with Crippen LogP contribution in [0.3, 0.4) is 0 Å². The Hall–Kier alpha value is -4.71. The van der Waals surface area contributed by atoms with Crippen molar-refractivity contribution in [2.45, 2.75) is 108 Å². The number of unbranched alkanes of at least 4 members (excludes halogenated alkanes) is 2. The Morgan fingerprint density at radius 3 is 2.04 bits per heavy atom. The maximum absolute atomic E-state index is 13.5. The summed E-state index contributed by atoms with van der Waals surface area (Å²) in [5, 5.41) is 11.9. The highest BCUT2D eigenvalue weighted by atomic mass is 32.2. The summed E-state index contributed by atoms with van der Waals surface area (Å²) >= 11 is 1.26. The first-order valence-electron chi connectivity index (χ1n) is 18.4. The molecule has 3 amide bonds. The summed E-state index contributed by atoms with van der Waals surface area (Å²) in [5.74, 6) is -0.823. The van der Waals surface area contributed by atoms with Crippen molar-refractivity contribution in [3.8, 4) is 11.8 Å². The SMILES string of the molecule is CCC(=O)NCCN1C(=O)C(C)(c2cccc(C#N)c2)Oc2cc(C(F)(F)F)c(C)cc21.CCCCCN1C(=O)C(C)(CC)Sc2cc(C(F)(F)F)c(C)cc21. The van der Waals surface area contributed by atoms with Crippen LogP contribution in [0.15, 0.2) is 53.4 Å². The molecule has 8 nitrogen and oxygen atoms in total. The molecule has 0 saturated heterocycles. The smallest absolute Gasteiger partial charge is 0.416 e. The highest BCUT2D eigenvalue weighted by molar-refractivity contribution is 8.01. The average Bonchev–Trinajstić information content (AvgIpc) is 3.14. The van der Waals surface area contributed by atoms with Gasteiger partial charge in [0, 0.05) is 36.5 Å². The number of nitrogens with zero attached hydrogens (tertiary/aromatic N) is 3. The molecule has 0 aromatic heterocycles. The third-order valence-electron chi connectivity index (χ3n) is 9.99. The van der Waals surface area contributed by atoms with E-state index >= 15 is 0 Å². The fraction of sp³-hybridized carbons (Fsp3) is 0.463. The molecular formula is C41H46F6N4O4S. The number of hydrogen-bond acceptors (Lipinski definition) is 6. The van der Waals surface area contributed by atoms with Crippen molar-refractivity contribution in [2.75, 3.05) is 29.4 Å². The van der Waals surface area contributed by atoms with E-state index in [-0.39, 0.29) is 59.5 Å².